The first-order valence-electron chi connectivity index (χ1n) is 3.77. The topological polar surface area (TPSA) is 43.1 Å². The van der Waals surface area contributed by atoms with Crippen molar-refractivity contribution in [1.29, 1.82) is 0 Å². The van der Waals surface area contributed by atoms with Gasteiger partial charge in [-0.15, -0.1) is 12.4 Å². The van der Waals surface area contributed by atoms with Gasteiger partial charge in [-0.3, -0.25) is 4.79 Å². The van der Waals surface area contributed by atoms with Gasteiger partial charge < -0.3 is 5.73 Å². The molecule has 72 valence electrons. The summed E-state index contributed by atoms with van der Waals surface area (Å²) in [4.78, 5) is 11.3. The van der Waals surface area contributed by atoms with Gasteiger partial charge in [0.2, 0.25) is 5.12 Å². The van der Waals surface area contributed by atoms with Gasteiger partial charge >= 0.3 is 0 Å². The molecule has 0 aromatic heterocycles. The van der Waals surface area contributed by atoms with Crippen LogP contribution in [0.2, 0.25) is 0 Å². The van der Waals surface area contributed by atoms with Gasteiger partial charge in [-0.25, -0.2) is 0 Å². The third-order valence-electron chi connectivity index (χ3n) is 1.36. The van der Waals surface area contributed by atoms with Crippen molar-refractivity contribution in [1.82, 2.24) is 0 Å². The fourth-order valence-corrected chi connectivity index (χ4v) is 1.42. The second-order valence-electron chi connectivity index (χ2n) is 2.29. The first-order valence-corrected chi connectivity index (χ1v) is 4.75. The van der Waals surface area contributed by atoms with Crippen molar-refractivity contribution in [3.63, 3.8) is 0 Å². The molecule has 0 aliphatic rings. The molecular weight excluding hydrogens is 206 g/mol. The van der Waals surface area contributed by atoms with Crippen LogP contribution in [-0.2, 0) is 0 Å². The largest absolute Gasteiger partial charge is 0.330 e. The molecule has 2 N–H and O–H groups in total. The van der Waals surface area contributed by atoms with Gasteiger partial charge in [-0.2, -0.15) is 0 Å². The minimum Gasteiger partial charge on any atom is -0.330 e. The van der Waals surface area contributed by atoms with Crippen molar-refractivity contribution in [3.05, 3.63) is 35.9 Å². The van der Waals surface area contributed by atoms with Crippen molar-refractivity contribution in [2.75, 3.05) is 12.3 Å². The number of hydrogen-bond donors (Lipinski definition) is 1. The summed E-state index contributed by atoms with van der Waals surface area (Å²) < 4.78 is 0. The number of carbonyl (C=O) groups is 1. The van der Waals surface area contributed by atoms with Crippen LogP contribution < -0.4 is 5.73 Å². The van der Waals surface area contributed by atoms with Gasteiger partial charge in [0, 0.05) is 17.9 Å². The summed E-state index contributed by atoms with van der Waals surface area (Å²) in [7, 11) is 0. The van der Waals surface area contributed by atoms with E-state index in [4.69, 9.17) is 5.73 Å². The van der Waals surface area contributed by atoms with E-state index in [1.54, 1.807) is 0 Å². The Morgan fingerprint density at radius 3 is 2.46 bits per heavy atom. The number of hydrogen-bond acceptors (Lipinski definition) is 3. The Balaban J connectivity index is 0.00000144. The lowest BCUT2D eigenvalue weighted by Crippen LogP contribution is -2.04. The maximum atomic E-state index is 11.3. The van der Waals surface area contributed by atoms with Crippen LogP contribution in [0.4, 0.5) is 0 Å². The lowest BCUT2D eigenvalue weighted by Gasteiger charge is -1.97. The highest BCUT2D eigenvalue weighted by molar-refractivity contribution is 8.14. The zero-order valence-electron chi connectivity index (χ0n) is 7.10. The monoisotopic (exact) mass is 217 g/mol. The van der Waals surface area contributed by atoms with Gasteiger partial charge in [0.1, 0.15) is 0 Å². The second kappa shape index (κ2) is 6.95. The van der Waals surface area contributed by atoms with E-state index in [-0.39, 0.29) is 17.5 Å². The summed E-state index contributed by atoms with van der Waals surface area (Å²) in [5, 5.41) is 0.0982. The van der Waals surface area contributed by atoms with Crippen LogP contribution in [-0.4, -0.2) is 17.4 Å². The van der Waals surface area contributed by atoms with Crippen molar-refractivity contribution < 1.29 is 4.79 Å². The van der Waals surface area contributed by atoms with Crippen LogP contribution in [0.15, 0.2) is 30.3 Å². The SMILES string of the molecule is Cl.NCCSC(=O)c1ccccc1. The summed E-state index contributed by atoms with van der Waals surface area (Å²) in [6.45, 7) is 0.545. The predicted octanol–water partition coefficient (Wildman–Crippen LogP) is 1.94. The van der Waals surface area contributed by atoms with E-state index in [0.29, 0.717) is 12.3 Å². The minimum absolute atomic E-state index is 0. The molecule has 2 nitrogen and oxygen atoms in total. The summed E-state index contributed by atoms with van der Waals surface area (Å²) in [5.74, 6) is 0.688. The molecule has 0 atom stereocenters. The number of nitrogens with two attached hydrogens (primary N) is 1. The zero-order valence-corrected chi connectivity index (χ0v) is 8.74. The summed E-state index contributed by atoms with van der Waals surface area (Å²) in [5.41, 5.74) is 6.03. The molecule has 0 heterocycles. The molecule has 0 aliphatic carbocycles. The Labute approximate surface area is 88.3 Å². The van der Waals surface area contributed by atoms with E-state index in [0.717, 1.165) is 5.56 Å². The summed E-state index contributed by atoms with van der Waals surface area (Å²) in [6, 6.07) is 9.23. The maximum Gasteiger partial charge on any atom is 0.219 e. The third kappa shape index (κ3) is 4.31. The zero-order chi connectivity index (χ0) is 8.81. The number of halogens is 1. The molecule has 0 aliphatic heterocycles. The number of rotatable bonds is 3. The number of thioether (sulfide) groups is 1. The van der Waals surface area contributed by atoms with Crippen molar-refractivity contribution in [2.24, 2.45) is 5.73 Å². The molecule has 0 amide bonds. The van der Waals surface area contributed by atoms with Crippen molar-refractivity contribution in [2.45, 2.75) is 0 Å². The molecule has 0 saturated heterocycles. The van der Waals surface area contributed by atoms with Crippen LogP contribution in [0, 0.1) is 0 Å². The highest BCUT2D eigenvalue weighted by atomic mass is 35.5. The molecule has 0 spiro atoms. The van der Waals surface area contributed by atoms with E-state index in [9.17, 15) is 4.79 Å². The highest BCUT2D eigenvalue weighted by Gasteiger charge is 2.03. The molecule has 0 bridgehead atoms. The molecule has 13 heavy (non-hydrogen) atoms. The van der Waals surface area contributed by atoms with Gasteiger partial charge in [-0.1, -0.05) is 42.1 Å². The Morgan fingerprint density at radius 2 is 1.92 bits per heavy atom. The predicted molar refractivity (Wildman–Crippen MR) is 59.5 cm³/mol. The fraction of sp³-hybridized carbons (Fsp3) is 0.222. The lowest BCUT2D eigenvalue weighted by molar-refractivity contribution is 0.108. The average Bonchev–Trinajstić information content (AvgIpc) is 2.15. The summed E-state index contributed by atoms with van der Waals surface area (Å²) >= 11 is 1.27. The van der Waals surface area contributed by atoms with Gasteiger partial charge in [0.05, 0.1) is 0 Å². The Bertz CT molecular complexity index is 253. The fourth-order valence-electron chi connectivity index (χ4n) is 0.809. The van der Waals surface area contributed by atoms with Crippen molar-refractivity contribution >= 4 is 29.3 Å². The molecule has 0 fully saturated rings. The normalized spacial score (nSPS) is 9.00. The molecule has 1 rings (SSSR count). The molecule has 0 radical (unpaired) electrons. The first kappa shape index (κ1) is 12.5. The molecular formula is C9H12ClNOS. The third-order valence-corrected chi connectivity index (χ3v) is 2.30. The Hall–Kier alpha value is -0.510. The van der Waals surface area contributed by atoms with Crippen molar-refractivity contribution in [3.8, 4) is 0 Å². The molecule has 1 aromatic carbocycles. The van der Waals surface area contributed by atoms with Crippen LogP contribution in [0.1, 0.15) is 10.4 Å². The quantitative estimate of drug-likeness (QED) is 0.842. The minimum atomic E-state index is 0. The van der Waals surface area contributed by atoms with E-state index in [1.165, 1.54) is 11.8 Å². The van der Waals surface area contributed by atoms with Gasteiger partial charge in [0.25, 0.3) is 0 Å². The van der Waals surface area contributed by atoms with Crippen LogP contribution in [0.25, 0.3) is 0 Å². The smallest absolute Gasteiger partial charge is 0.219 e. The average molecular weight is 218 g/mol. The van der Waals surface area contributed by atoms with Crippen LogP contribution >= 0.6 is 24.2 Å². The Kier molecular flexibility index (Phi) is 6.68. The Morgan fingerprint density at radius 1 is 1.31 bits per heavy atom. The molecule has 4 heteroatoms. The number of carbonyl (C=O) groups excluding carboxylic acids is 1. The van der Waals surface area contributed by atoms with E-state index >= 15 is 0 Å². The molecule has 0 unspecified atom stereocenters. The first-order chi connectivity index (χ1) is 5.84. The van der Waals surface area contributed by atoms with Crippen LogP contribution in [0.5, 0.6) is 0 Å². The van der Waals surface area contributed by atoms with E-state index < -0.39 is 0 Å². The standard InChI is InChI=1S/C9H11NOS.ClH/c10-6-7-12-9(11)8-4-2-1-3-5-8;/h1-5H,6-7,10H2;1H. The lowest BCUT2D eigenvalue weighted by atomic mass is 10.2. The maximum absolute atomic E-state index is 11.3. The second-order valence-corrected chi connectivity index (χ2v) is 3.36. The van der Waals surface area contributed by atoms with E-state index in [1.807, 2.05) is 30.3 Å². The van der Waals surface area contributed by atoms with Gasteiger partial charge in [-0.05, 0) is 0 Å². The molecule has 1 aromatic rings. The van der Waals surface area contributed by atoms with Gasteiger partial charge in [0.15, 0.2) is 0 Å². The molecule has 0 saturated carbocycles. The number of benzene rings is 1. The summed E-state index contributed by atoms with van der Waals surface area (Å²) in [6.07, 6.45) is 0. The van der Waals surface area contributed by atoms with E-state index in [2.05, 4.69) is 0 Å². The van der Waals surface area contributed by atoms with Crippen LogP contribution in [0.3, 0.4) is 0 Å². The highest BCUT2D eigenvalue weighted by Crippen LogP contribution is 2.10.